The molecule has 0 heterocycles. The van der Waals surface area contributed by atoms with Gasteiger partial charge in [0, 0.05) is 0 Å². The van der Waals surface area contributed by atoms with Gasteiger partial charge >= 0.3 is 0 Å². The van der Waals surface area contributed by atoms with E-state index in [1.54, 1.807) is 0 Å². The molecule has 1 aliphatic rings. The van der Waals surface area contributed by atoms with E-state index in [0.29, 0.717) is 0 Å². The molecule has 0 atom stereocenters. The molecule has 0 saturated carbocycles. The first-order valence-corrected chi connectivity index (χ1v) is 13.9. The molecule has 0 aromatic heterocycles. The summed E-state index contributed by atoms with van der Waals surface area (Å²) in [6.07, 6.45) is 6.46. The van der Waals surface area contributed by atoms with E-state index in [4.69, 9.17) is 0 Å². The fourth-order valence-corrected chi connectivity index (χ4v) is 6.88. The summed E-state index contributed by atoms with van der Waals surface area (Å²) < 4.78 is 0. The molecule has 190 valence electrons. The Bertz CT molecular complexity index is 1850. The van der Waals surface area contributed by atoms with Crippen LogP contribution in [0.5, 0.6) is 0 Å². The standard InChI is InChI=1S/C40H30/c1-3-16-33-32(4-2)38-35-23-14-15-24-37(35)40(30-19-10-6-11-20-30,31-21-12-7-13-22-31)39(38)34-26-25-29(27-36(33)34)28-17-8-5-9-18-28/h3-27H,2H2,1H3/b16-3-. The van der Waals surface area contributed by atoms with Crippen LogP contribution in [0.2, 0.25) is 0 Å². The molecular weight excluding hydrogens is 480 g/mol. The fourth-order valence-electron chi connectivity index (χ4n) is 6.88. The van der Waals surface area contributed by atoms with Crippen molar-refractivity contribution in [3.05, 3.63) is 179 Å². The lowest BCUT2D eigenvalue weighted by atomic mass is 9.66. The van der Waals surface area contributed by atoms with E-state index in [0.717, 1.165) is 0 Å². The predicted molar refractivity (Wildman–Crippen MR) is 171 cm³/mol. The highest BCUT2D eigenvalue weighted by Gasteiger charge is 2.48. The summed E-state index contributed by atoms with van der Waals surface area (Å²) in [6.45, 7) is 6.47. The number of hydrogen-bond donors (Lipinski definition) is 0. The number of hydrogen-bond acceptors (Lipinski definition) is 0. The molecule has 0 bridgehead atoms. The molecule has 7 rings (SSSR count). The van der Waals surface area contributed by atoms with Crippen molar-refractivity contribution in [2.75, 3.05) is 0 Å². The highest BCUT2D eigenvalue weighted by molar-refractivity contribution is 6.09. The molecule has 40 heavy (non-hydrogen) atoms. The number of fused-ring (bicyclic) bond motifs is 5. The quantitative estimate of drug-likeness (QED) is 0.216. The molecule has 0 saturated heterocycles. The summed E-state index contributed by atoms with van der Waals surface area (Å²) in [4.78, 5) is 0. The Kier molecular flexibility index (Phi) is 5.83. The molecule has 0 amide bonds. The normalized spacial score (nSPS) is 13.3. The van der Waals surface area contributed by atoms with Crippen molar-refractivity contribution in [2.24, 2.45) is 0 Å². The summed E-state index contributed by atoms with van der Waals surface area (Å²) in [5.41, 5.74) is 12.1. The Hall–Kier alpha value is -4.94. The van der Waals surface area contributed by atoms with E-state index in [2.05, 4.69) is 165 Å². The molecule has 0 radical (unpaired) electrons. The molecule has 0 unspecified atom stereocenters. The van der Waals surface area contributed by atoms with Crippen molar-refractivity contribution >= 4 is 22.9 Å². The topological polar surface area (TPSA) is 0 Å². The lowest BCUT2D eigenvalue weighted by Gasteiger charge is -2.35. The number of benzene rings is 6. The first kappa shape index (κ1) is 24.1. The maximum atomic E-state index is 4.37. The summed E-state index contributed by atoms with van der Waals surface area (Å²) >= 11 is 0. The highest BCUT2D eigenvalue weighted by atomic mass is 14.5. The van der Waals surface area contributed by atoms with E-state index in [-0.39, 0.29) is 0 Å². The van der Waals surface area contributed by atoms with E-state index in [1.165, 1.54) is 66.4 Å². The van der Waals surface area contributed by atoms with Crippen LogP contribution >= 0.6 is 0 Å². The third-order valence-electron chi connectivity index (χ3n) is 8.42. The van der Waals surface area contributed by atoms with E-state index >= 15 is 0 Å². The molecule has 0 aliphatic heterocycles. The minimum Gasteiger partial charge on any atom is -0.0984 e. The summed E-state index contributed by atoms with van der Waals surface area (Å²) in [5, 5.41) is 2.52. The van der Waals surface area contributed by atoms with Gasteiger partial charge in [-0.05, 0) is 79.4 Å². The molecule has 6 aromatic carbocycles. The summed E-state index contributed by atoms with van der Waals surface area (Å²) in [5.74, 6) is 0. The van der Waals surface area contributed by atoms with Crippen LogP contribution in [-0.2, 0) is 5.41 Å². The van der Waals surface area contributed by atoms with Crippen LogP contribution in [0.15, 0.2) is 146 Å². The maximum absolute atomic E-state index is 4.37. The number of rotatable bonds is 5. The van der Waals surface area contributed by atoms with Crippen molar-refractivity contribution in [2.45, 2.75) is 12.3 Å². The molecule has 0 heteroatoms. The van der Waals surface area contributed by atoms with Crippen molar-refractivity contribution in [1.29, 1.82) is 0 Å². The molecule has 0 spiro atoms. The Labute approximate surface area is 236 Å². The Morgan fingerprint density at radius 2 is 1.18 bits per heavy atom. The van der Waals surface area contributed by atoms with Crippen molar-refractivity contribution in [1.82, 2.24) is 0 Å². The molecular formula is C40H30. The van der Waals surface area contributed by atoms with Crippen LogP contribution in [0.25, 0.3) is 45.2 Å². The van der Waals surface area contributed by atoms with E-state index in [1.807, 2.05) is 0 Å². The van der Waals surface area contributed by atoms with Crippen LogP contribution in [-0.4, -0.2) is 0 Å². The largest absolute Gasteiger partial charge is 0.0984 e. The van der Waals surface area contributed by atoms with Crippen LogP contribution in [0, 0.1) is 0 Å². The van der Waals surface area contributed by atoms with Gasteiger partial charge in [-0.1, -0.05) is 152 Å². The van der Waals surface area contributed by atoms with Gasteiger partial charge in [0.2, 0.25) is 0 Å². The lowest BCUT2D eigenvalue weighted by Crippen LogP contribution is -2.29. The van der Waals surface area contributed by atoms with Crippen LogP contribution in [0.1, 0.15) is 40.3 Å². The van der Waals surface area contributed by atoms with Gasteiger partial charge < -0.3 is 0 Å². The number of allylic oxidation sites excluding steroid dienone is 1. The monoisotopic (exact) mass is 510 g/mol. The first-order valence-electron chi connectivity index (χ1n) is 13.9. The maximum Gasteiger partial charge on any atom is 0.0719 e. The van der Waals surface area contributed by atoms with Crippen molar-refractivity contribution in [3.8, 4) is 22.3 Å². The van der Waals surface area contributed by atoms with Gasteiger partial charge in [-0.15, -0.1) is 0 Å². The Morgan fingerprint density at radius 1 is 0.575 bits per heavy atom. The van der Waals surface area contributed by atoms with Crippen LogP contribution in [0.4, 0.5) is 0 Å². The van der Waals surface area contributed by atoms with E-state index in [9.17, 15) is 0 Å². The highest BCUT2D eigenvalue weighted by Crippen LogP contribution is 2.60. The summed E-state index contributed by atoms with van der Waals surface area (Å²) in [6, 6.07) is 48.7. The molecule has 0 nitrogen and oxygen atoms in total. The van der Waals surface area contributed by atoms with Gasteiger partial charge in [0.15, 0.2) is 0 Å². The summed E-state index contributed by atoms with van der Waals surface area (Å²) in [7, 11) is 0. The predicted octanol–water partition coefficient (Wildman–Crippen LogP) is 10.5. The van der Waals surface area contributed by atoms with Gasteiger partial charge in [0.1, 0.15) is 0 Å². The molecule has 6 aromatic rings. The lowest BCUT2D eigenvalue weighted by molar-refractivity contribution is 0.775. The molecule has 1 aliphatic carbocycles. The van der Waals surface area contributed by atoms with Crippen molar-refractivity contribution < 1.29 is 0 Å². The van der Waals surface area contributed by atoms with E-state index < -0.39 is 5.41 Å². The minimum atomic E-state index is -0.465. The third kappa shape index (κ3) is 3.39. The second-order valence-corrected chi connectivity index (χ2v) is 10.4. The molecule has 0 fully saturated rings. The third-order valence-corrected chi connectivity index (χ3v) is 8.42. The van der Waals surface area contributed by atoms with Gasteiger partial charge in [-0.25, -0.2) is 0 Å². The fraction of sp³-hybridized carbons (Fsp3) is 0.0500. The van der Waals surface area contributed by atoms with Gasteiger partial charge in [-0.2, -0.15) is 0 Å². The first-order chi connectivity index (χ1) is 19.8. The van der Waals surface area contributed by atoms with Gasteiger partial charge in [0.25, 0.3) is 0 Å². The minimum absolute atomic E-state index is 0.465. The second-order valence-electron chi connectivity index (χ2n) is 10.4. The molecule has 0 N–H and O–H groups in total. The second kappa shape index (κ2) is 9.67. The van der Waals surface area contributed by atoms with Gasteiger partial charge in [0.05, 0.1) is 5.41 Å². The van der Waals surface area contributed by atoms with Crippen molar-refractivity contribution in [3.63, 3.8) is 0 Å². The SMILES string of the molecule is C=Cc1c2c(c3ccc(-c4ccccc4)cc3c1/C=C\C)C(c1ccccc1)(c1ccccc1)c1ccccc1-2. The average Bonchev–Trinajstić information content (AvgIpc) is 3.34. The van der Waals surface area contributed by atoms with Gasteiger partial charge in [-0.3, -0.25) is 0 Å². The average molecular weight is 511 g/mol. The smallest absolute Gasteiger partial charge is 0.0719 e. The Morgan fingerprint density at radius 3 is 1.80 bits per heavy atom. The zero-order chi connectivity index (χ0) is 27.1. The Balaban J connectivity index is 1.73. The zero-order valence-electron chi connectivity index (χ0n) is 22.6. The van der Waals surface area contributed by atoms with Crippen LogP contribution < -0.4 is 0 Å². The van der Waals surface area contributed by atoms with Crippen LogP contribution in [0.3, 0.4) is 0 Å². The zero-order valence-corrected chi connectivity index (χ0v) is 22.6.